The Labute approximate surface area is 191 Å². The molecule has 1 N–H and O–H groups in total. The quantitative estimate of drug-likeness (QED) is 0.467. The van der Waals surface area contributed by atoms with Crippen LogP contribution in [0.1, 0.15) is 32.1 Å². The summed E-state index contributed by atoms with van der Waals surface area (Å²) >= 11 is 1.36. The van der Waals surface area contributed by atoms with Gasteiger partial charge in [0.25, 0.3) is 5.91 Å². The van der Waals surface area contributed by atoms with Crippen molar-refractivity contribution in [1.29, 1.82) is 0 Å². The number of thiazole rings is 1. The highest BCUT2D eigenvalue weighted by molar-refractivity contribution is 7.14. The number of ether oxygens (including phenoxy) is 1. The van der Waals surface area contributed by atoms with Gasteiger partial charge < -0.3 is 4.74 Å². The number of nitrogens with zero attached hydrogens (tertiary/aromatic N) is 1. The average molecular weight is 447 g/mol. The molecule has 5 rings (SSSR count). The predicted octanol–water partition coefficient (Wildman–Crippen LogP) is 5.79. The minimum atomic E-state index is -0.355. The summed E-state index contributed by atoms with van der Waals surface area (Å²) in [5, 5.41) is 5.15. The van der Waals surface area contributed by atoms with Crippen LogP contribution < -0.4 is 5.32 Å². The summed E-state index contributed by atoms with van der Waals surface area (Å²) in [6.07, 6.45) is 5.39. The fourth-order valence-corrected chi connectivity index (χ4v) is 5.86. The minimum Gasteiger partial charge on any atom is -0.456 e. The Bertz CT molecular complexity index is 1090. The molecule has 6 heteroatoms. The number of carbonyl (C=O) groups is 2. The van der Waals surface area contributed by atoms with Crippen molar-refractivity contribution in [2.24, 2.45) is 17.8 Å². The number of benzene rings is 2. The van der Waals surface area contributed by atoms with Gasteiger partial charge in [0.1, 0.15) is 0 Å². The van der Waals surface area contributed by atoms with Crippen molar-refractivity contribution in [3.8, 4) is 22.4 Å². The van der Waals surface area contributed by atoms with Gasteiger partial charge in [0, 0.05) is 17.4 Å². The van der Waals surface area contributed by atoms with E-state index in [1.54, 1.807) is 0 Å². The first kappa shape index (κ1) is 20.9. The first-order valence-corrected chi connectivity index (χ1v) is 12.1. The van der Waals surface area contributed by atoms with Crippen molar-refractivity contribution in [3.05, 3.63) is 60.0 Å². The van der Waals surface area contributed by atoms with Crippen molar-refractivity contribution in [1.82, 2.24) is 4.98 Å². The molecule has 0 saturated heterocycles. The van der Waals surface area contributed by atoms with Gasteiger partial charge in [-0.1, -0.05) is 61.0 Å². The van der Waals surface area contributed by atoms with Crippen LogP contribution in [0.4, 0.5) is 5.13 Å². The second-order valence-corrected chi connectivity index (χ2v) is 9.69. The molecule has 2 aliphatic rings. The standard InChI is InChI=1S/C26H26N2O3S/c29-24(15-31-25(30)14-22-13-17-6-7-21(22)12-17)28-26-27-23(16-32-26)20-10-8-19(9-11-20)18-4-2-1-3-5-18/h1-5,8-11,16-17,21-22H,6-7,12-15H2,(H,27,28,29). The Hall–Kier alpha value is -2.99. The molecule has 32 heavy (non-hydrogen) atoms. The first-order valence-electron chi connectivity index (χ1n) is 11.2. The number of anilines is 1. The predicted molar refractivity (Wildman–Crippen MR) is 126 cm³/mol. The lowest BCUT2D eigenvalue weighted by atomic mass is 9.86. The number of amides is 1. The van der Waals surface area contributed by atoms with E-state index in [-0.39, 0.29) is 18.5 Å². The topological polar surface area (TPSA) is 68.3 Å². The summed E-state index contributed by atoms with van der Waals surface area (Å²) in [5.74, 6) is 1.30. The highest BCUT2D eigenvalue weighted by atomic mass is 32.1. The molecule has 2 aliphatic carbocycles. The molecule has 2 aromatic carbocycles. The fourth-order valence-electron chi connectivity index (χ4n) is 5.13. The molecular weight excluding hydrogens is 420 g/mol. The zero-order valence-electron chi connectivity index (χ0n) is 17.8. The molecule has 5 nitrogen and oxygen atoms in total. The normalized spacial score (nSPS) is 21.4. The van der Waals surface area contributed by atoms with Gasteiger partial charge in [0.2, 0.25) is 0 Å². The van der Waals surface area contributed by atoms with Crippen LogP contribution in [-0.2, 0) is 14.3 Å². The molecule has 3 aromatic rings. The van der Waals surface area contributed by atoms with E-state index in [1.807, 2.05) is 35.7 Å². The molecule has 2 bridgehead atoms. The summed E-state index contributed by atoms with van der Waals surface area (Å²) in [6.45, 7) is -0.264. The van der Waals surface area contributed by atoms with E-state index in [9.17, 15) is 9.59 Å². The zero-order chi connectivity index (χ0) is 21.9. The number of nitrogens with one attached hydrogen (secondary N) is 1. The molecule has 1 heterocycles. The van der Waals surface area contributed by atoms with Gasteiger partial charge in [-0.2, -0.15) is 0 Å². The third-order valence-corrected chi connectivity index (χ3v) is 7.47. The summed E-state index contributed by atoms with van der Waals surface area (Å²) in [7, 11) is 0. The summed E-state index contributed by atoms with van der Waals surface area (Å²) in [5.41, 5.74) is 4.10. The summed E-state index contributed by atoms with van der Waals surface area (Å²) in [4.78, 5) is 28.8. The monoisotopic (exact) mass is 446 g/mol. The van der Waals surface area contributed by atoms with E-state index < -0.39 is 0 Å². The van der Waals surface area contributed by atoms with Crippen LogP contribution in [0.15, 0.2) is 60.0 Å². The highest BCUT2D eigenvalue weighted by Crippen LogP contribution is 2.49. The smallest absolute Gasteiger partial charge is 0.306 e. The Morgan fingerprint density at radius 3 is 2.44 bits per heavy atom. The van der Waals surface area contributed by atoms with Gasteiger partial charge in [-0.15, -0.1) is 11.3 Å². The lowest BCUT2D eigenvalue weighted by molar-refractivity contribution is -0.148. The minimum absolute atomic E-state index is 0.264. The number of rotatable bonds is 7. The molecule has 1 aromatic heterocycles. The first-order chi connectivity index (χ1) is 15.6. The molecule has 1 amide bonds. The highest BCUT2D eigenvalue weighted by Gasteiger charge is 2.40. The Morgan fingerprint density at radius 2 is 1.72 bits per heavy atom. The molecule has 3 unspecified atom stereocenters. The van der Waals surface area contributed by atoms with E-state index in [0.717, 1.165) is 29.2 Å². The number of fused-ring (bicyclic) bond motifs is 2. The molecule has 0 aliphatic heterocycles. The van der Waals surface area contributed by atoms with Crippen LogP contribution in [0.2, 0.25) is 0 Å². The number of hydrogen-bond donors (Lipinski definition) is 1. The summed E-state index contributed by atoms with van der Waals surface area (Å²) in [6, 6.07) is 18.4. The lowest BCUT2D eigenvalue weighted by Crippen LogP contribution is -2.23. The van der Waals surface area contributed by atoms with Crippen LogP contribution in [0.25, 0.3) is 22.4 Å². The maximum Gasteiger partial charge on any atom is 0.306 e. The van der Waals surface area contributed by atoms with Crippen LogP contribution >= 0.6 is 11.3 Å². The Kier molecular flexibility index (Phi) is 6.04. The van der Waals surface area contributed by atoms with Crippen LogP contribution in [0.3, 0.4) is 0 Å². The molecule has 164 valence electrons. The average Bonchev–Trinajstić information content (AvgIpc) is 3.56. The van der Waals surface area contributed by atoms with E-state index in [0.29, 0.717) is 23.4 Å². The molecule has 2 saturated carbocycles. The maximum atomic E-state index is 12.2. The van der Waals surface area contributed by atoms with Crippen molar-refractivity contribution in [3.63, 3.8) is 0 Å². The van der Waals surface area contributed by atoms with E-state index in [1.165, 1.54) is 36.2 Å². The third-order valence-electron chi connectivity index (χ3n) is 6.72. The lowest BCUT2D eigenvalue weighted by Gasteiger charge is -2.20. The second kappa shape index (κ2) is 9.25. The number of carbonyl (C=O) groups excluding carboxylic acids is 2. The molecule has 0 radical (unpaired) electrons. The maximum absolute atomic E-state index is 12.2. The van der Waals surface area contributed by atoms with E-state index in [2.05, 4.69) is 34.6 Å². The van der Waals surface area contributed by atoms with E-state index in [4.69, 9.17) is 4.74 Å². The molecule has 3 atom stereocenters. The zero-order valence-corrected chi connectivity index (χ0v) is 18.6. The van der Waals surface area contributed by atoms with Gasteiger partial charge in [0.15, 0.2) is 11.7 Å². The number of esters is 1. The largest absolute Gasteiger partial charge is 0.456 e. The fraction of sp³-hybridized carbons (Fsp3) is 0.346. The van der Waals surface area contributed by atoms with Gasteiger partial charge in [-0.25, -0.2) is 4.98 Å². The van der Waals surface area contributed by atoms with Crippen molar-refractivity contribution >= 4 is 28.3 Å². The van der Waals surface area contributed by atoms with Crippen LogP contribution in [0.5, 0.6) is 0 Å². The molecule has 0 spiro atoms. The summed E-state index contributed by atoms with van der Waals surface area (Å²) < 4.78 is 5.22. The Morgan fingerprint density at radius 1 is 0.969 bits per heavy atom. The Balaban J connectivity index is 1.11. The SMILES string of the molecule is O=C(COC(=O)CC1CC2CCC1C2)Nc1nc(-c2ccc(-c3ccccc3)cc2)cs1. The van der Waals surface area contributed by atoms with E-state index >= 15 is 0 Å². The number of hydrogen-bond acceptors (Lipinski definition) is 5. The third kappa shape index (κ3) is 4.75. The van der Waals surface area contributed by atoms with Gasteiger partial charge in [-0.3, -0.25) is 14.9 Å². The van der Waals surface area contributed by atoms with Crippen LogP contribution in [0, 0.1) is 17.8 Å². The van der Waals surface area contributed by atoms with Gasteiger partial charge in [-0.05, 0) is 48.1 Å². The van der Waals surface area contributed by atoms with Crippen molar-refractivity contribution < 1.29 is 14.3 Å². The molecular formula is C26H26N2O3S. The van der Waals surface area contributed by atoms with Gasteiger partial charge >= 0.3 is 5.97 Å². The van der Waals surface area contributed by atoms with Crippen molar-refractivity contribution in [2.75, 3.05) is 11.9 Å². The molecule has 2 fully saturated rings. The van der Waals surface area contributed by atoms with Crippen molar-refractivity contribution in [2.45, 2.75) is 32.1 Å². The second-order valence-electron chi connectivity index (χ2n) is 8.83. The van der Waals surface area contributed by atoms with Crippen LogP contribution in [-0.4, -0.2) is 23.5 Å². The van der Waals surface area contributed by atoms with Gasteiger partial charge in [0.05, 0.1) is 5.69 Å². The number of aromatic nitrogens is 1.